The number of aliphatic hydroxyl groups excluding tert-OH is 1. The third-order valence-electron chi connectivity index (χ3n) is 4.01. The van der Waals surface area contributed by atoms with E-state index in [1.165, 1.54) is 12.0 Å². The Labute approximate surface area is 158 Å². The Balaban J connectivity index is 2.29. The van der Waals surface area contributed by atoms with E-state index in [0.29, 0.717) is 17.8 Å². The summed E-state index contributed by atoms with van der Waals surface area (Å²) in [7, 11) is 1.24. The number of rotatable bonds is 8. The summed E-state index contributed by atoms with van der Waals surface area (Å²) in [6.45, 7) is 3.84. The molecule has 1 aliphatic heterocycles. The lowest BCUT2D eigenvalue weighted by atomic mass is 10.1. The first-order chi connectivity index (χ1) is 12.9. The number of benzene rings is 1. The van der Waals surface area contributed by atoms with E-state index in [-0.39, 0.29) is 42.8 Å². The molecule has 0 spiro atoms. The van der Waals surface area contributed by atoms with Crippen LogP contribution in [-0.4, -0.2) is 54.6 Å². The van der Waals surface area contributed by atoms with Crippen molar-refractivity contribution in [2.75, 3.05) is 37.4 Å². The topological polar surface area (TPSA) is 108 Å². The zero-order valence-electron chi connectivity index (χ0n) is 15.7. The molecule has 2 rings (SSSR count). The van der Waals surface area contributed by atoms with Gasteiger partial charge < -0.3 is 25.4 Å². The van der Waals surface area contributed by atoms with Crippen molar-refractivity contribution in [2.24, 2.45) is 5.92 Å². The molecule has 0 aromatic heterocycles. The van der Waals surface area contributed by atoms with Gasteiger partial charge in [0.2, 0.25) is 5.91 Å². The summed E-state index contributed by atoms with van der Waals surface area (Å²) in [4.78, 5) is 38.1. The number of hydrogen-bond donors (Lipinski definition) is 3. The highest BCUT2D eigenvalue weighted by Crippen LogP contribution is 2.27. The average Bonchev–Trinajstić information content (AvgIpc) is 2.92. The van der Waals surface area contributed by atoms with Crippen molar-refractivity contribution in [3.05, 3.63) is 35.5 Å². The van der Waals surface area contributed by atoms with Crippen LogP contribution in [-0.2, 0) is 19.1 Å². The number of amides is 2. The van der Waals surface area contributed by atoms with E-state index < -0.39 is 11.9 Å². The molecule has 146 valence electrons. The maximum atomic E-state index is 12.6. The fourth-order valence-corrected chi connectivity index (χ4v) is 2.76. The summed E-state index contributed by atoms with van der Waals surface area (Å²) < 4.78 is 4.77. The van der Waals surface area contributed by atoms with Crippen LogP contribution in [0.5, 0.6) is 0 Å². The maximum absolute atomic E-state index is 12.6. The molecule has 0 unspecified atom stereocenters. The zero-order chi connectivity index (χ0) is 20.0. The van der Waals surface area contributed by atoms with Gasteiger partial charge in [0.15, 0.2) is 0 Å². The minimum Gasteiger partial charge on any atom is -0.466 e. The van der Waals surface area contributed by atoms with Crippen LogP contribution in [0.1, 0.15) is 20.3 Å². The summed E-state index contributed by atoms with van der Waals surface area (Å²) in [6.07, 6.45) is 0.369. The number of nitrogens with one attached hydrogen (secondary N) is 2. The normalized spacial score (nSPS) is 14.0. The maximum Gasteiger partial charge on any atom is 0.337 e. The highest BCUT2D eigenvalue weighted by molar-refractivity contribution is 6.09. The first-order valence-electron chi connectivity index (χ1n) is 8.74. The summed E-state index contributed by atoms with van der Waals surface area (Å²) in [6, 6.07) is 6.93. The molecule has 0 aliphatic carbocycles. The lowest BCUT2D eigenvalue weighted by Gasteiger charge is -2.16. The molecule has 0 bridgehead atoms. The van der Waals surface area contributed by atoms with Gasteiger partial charge in [0.1, 0.15) is 5.70 Å². The molecular formula is C19H25N3O5. The first-order valence-corrected chi connectivity index (χ1v) is 8.74. The van der Waals surface area contributed by atoms with Crippen molar-refractivity contribution in [1.82, 2.24) is 4.90 Å². The molecule has 0 fully saturated rings. The number of carbonyl (C=O) groups excluding carboxylic acids is 3. The van der Waals surface area contributed by atoms with Crippen molar-refractivity contribution in [3.8, 4) is 0 Å². The predicted octanol–water partition coefficient (Wildman–Crippen LogP) is 1.34. The smallest absolute Gasteiger partial charge is 0.337 e. The predicted molar refractivity (Wildman–Crippen MR) is 101 cm³/mol. The Morgan fingerprint density at radius 2 is 1.93 bits per heavy atom. The largest absolute Gasteiger partial charge is 0.466 e. The van der Waals surface area contributed by atoms with Gasteiger partial charge in [0.25, 0.3) is 5.91 Å². The number of ether oxygens (including phenoxy) is 1. The van der Waals surface area contributed by atoms with Gasteiger partial charge >= 0.3 is 5.97 Å². The molecule has 0 radical (unpaired) electrons. The number of carbonyl (C=O) groups is 3. The number of methoxy groups -OCH3 is 1. The quantitative estimate of drug-likeness (QED) is 0.592. The van der Waals surface area contributed by atoms with Gasteiger partial charge in [0, 0.05) is 13.0 Å². The lowest BCUT2D eigenvalue weighted by molar-refractivity contribution is -0.136. The van der Waals surface area contributed by atoms with Crippen LogP contribution >= 0.6 is 0 Å². The summed E-state index contributed by atoms with van der Waals surface area (Å²) >= 11 is 0. The Morgan fingerprint density at radius 3 is 2.52 bits per heavy atom. The van der Waals surface area contributed by atoms with Crippen LogP contribution in [0.4, 0.5) is 11.4 Å². The summed E-state index contributed by atoms with van der Waals surface area (Å²) in [5, 5.41) is 14.9. The van der Waals surface area contributed by atoms with Gasteiger partial charge in [-0.2, -0.15) is 0 Å². The number of hydrogen-bond acceptors (Lipinski definition) is 6. The molecule has 2 amide bonds. The van der Waals surface area contributed by atoms with Crippen LogP contribution in [0.3, 0.4) is 0 Å². The molecule has 1 heterocycles. The van der Waals surface area contributed by atoms with Crippen LogP contribution in [0, 0.1) is 5.92 Å². The third kappa shape index (κ3) is 5.07. The average molecular weight is 375 g/mol. The first kappa shape index (κ1) is 20.4. The van der Waals surface area contributed by atoms with Gasteiger partial charge in [0.05, 0.1) is 37.2 Å². The SMILES string of the molecule is COC(=O)C1=C(Nc2ccccc2NC(=O)CC(C)C)C(=O)N(CCO)C1. The third-order valence-corrected chi connectivity index (χ3v) is 4.01. The summed E-state index contributed by atoms with van der Waals surface area (Å²) in [5.74, 6) is -0.955. The number of anilines is 2. The number of aliphatic hydroxyl groups is 1. The second kappa shape index (κ2) is 9.18. The summed E-state index contributed by atoms with van der Waals surface area (Å²) in [5.41, 5.74) is 1.26. The van der Waals surface area contributed by atoms with E-state index in [4.69, 9.17) is 9.84 Å². The van der Waals surface area contributed by atoms with Gasteiger partial charge in [-0.1, -0.05) is 26.0 Å². The molecule has 27 heavy (non-hydrogen) atoms. The standard InChI is InChI=1S/C19H25N3O5/c1-12(2)10-16(24)20-14-6-4-5-7-15(14)21-17-13(19(26)27-3)11-22(8-9-23)18(17)25/h4-7,12,21,23H,8-11H2,1-3H3,(H,20,24). The van der Waals surface area contributed by atoms with Crippen LogP contribution < -0.4 is 10.6 Å². The Kier molecular flexibility index (Phi) is 6.95. The highest BCUT2D eigenvalue weighted by Gasteiger charge is 2.34. The van der Waals surface area contributed by atoms with Crippen molar-refractivity contribution in [1.29, 1.82) is 0 Å². The van der Waals surface area contributed by atoms with Crippen molar-refractivity contribution in [3.63, 3.8) is 0 Å². The van der Waals surface area contributed by atoms with Gasteiger partial charge in [-0.25, -0.2) is 4.79 Å². The molecule has 1 aromatic carbocycles. The number of esters is 1. The van der Waals surface area contributed by atoms with Gasteiger partial charge in [-0.3, -0.25) is 9.59 Å². The van der Waals surface area contributed by atoms with Crippen molar-refractivity contribution >= 4 is 29.2 Å². The highest BCUT2D eigenvalue weighted by atomic mass is 16.5. The fraction of sp³-hybridized carbons (Fsp3) is 0.421. The molecule has 0 saturated heterocycles. The van der Waals surface area contributed by atoms with Crippen LogP contribution in [0.15, 0.2) is 35.5 Å². The molecule has 8 heteroatoms. The van der Waals surface area contributed by atoms with E-state index in [1.54, 1.807) is 24.3 Å². The number of para-hydroxylation sites is 2. The van der Waals surface area contributed by atoms with Gasteiger partial charge in [-0.05, 0) is 18.1 Å². The van der Waals surface area contributed by atoms with E-state index in [2.05, 4.69) is 10.6 Å². The van der Waals surface area contributed by atoms with Crippen LogP contribution in [0.2, 0.25) is 0 Å². The molecule has 8 nitrogen and oxygen atoms in total. The van der Waals surface area contributed by atoms with E-state index in [1.807, 2.05) is 13.8 Å². The fourth-order valence-electron chi connectivity index (χ4n) is 2.76. The molecule has 0 saturated carbocycles. The molecular weight excluding hydrogens is 350 g/mol. The van der Waals surface area contributed by atoms with Crippen molar-refractivity contribution in [2.45, 2.75) is 20.3 Å². The molecule has 1 aromatic rings. The van der Waals surface area contributed by atoms with Gasteiger partial charge in [-0.15, -0.1) is 0 Å². The molecule has 0 atom stereocenters. The van der Waals surface area contributed by atoms with E-state index in [9.17, 15) is 14.4 Å². The molecule has 3 N–H and O–H groups in total. The second-order valence-electron chi connectivity index (χ2n) is 6.61. The Hall–Kier alpha value is -2.87. The molecule has 1 aliphatic rings. The van der Waals surface area contributed by atoms with E-state index >= 15 is 0 Å². The lowest BCUT2D eigenvalue weighted by Crippen LogP contribution is -2.31. The number of β-amino-alcohol motifs (C(OH)–C–C–N with tert-alkyl or cyclic N) is 1. The zero-order valence-corrected chi connectivity index (χ0v) is 15.7. The van der Waals surface area contributed by atoms with E-state index in [0.717, 1.165) is 0 Å². The second-order valence-corrected chi connectivity index (χ2v) is 6.61. The minimum atomic E-state index is -0.618. The Morgan fingerprint density at radius 1 is 1.26 bits per heavy atom. The Bertz CT molecular complexity index is 757. The van der Waals surface area contributed by atoms with Crippen molar-refractivity contribution < 1.29 is 24.2 Å². The number of nitrogens with zero attached hydrogens (tertiary/aromatic N) is 1. The monoisotopic (exact) mass is 375 g/mol. The minimum absolute atomic E-state index is 0.0519. The van der Waals surface area contributed by atoms with Crippen LogP contribution in [0.25, 0.3) is 0 Å².